The molecular formula is C11H15BrFNO2S. The zero-order valence-corrected chi connectivity index (χ0v) is 12.2. The molecule has 0 heterocycles. The summed E-state index contributed by atoms with van der Waals surface area (Å²) >= 11 is 3.09. The molecule has 17 heavy (non-hydrogen) atoms. The van der Waals surface area contributed by atoms with Crippen molar-refractivity contribution in [3.8, 4) is 0 Å². The molecule has 0 saturated heterocycles. The molecule has 3 nitrogen and oxygen atoms in total. The molecule has 0 aliphatic rings. The van der Waals surface area contributed by atoms with Gasteiger partial charge in [0.1, 0.15) is 10.7 Å². The van der Waals surface area contributed by atoms with E-state index in [1.807, 2.05) is 6.92 Å². The normalized spacial score (nSPS) is 12.1. The number of halogens is 2. The molecule has 6 heteroatoms. The van der Waals surface area contributed by atoms with Crippen LogP contribution in [0.15, 0.2) is 27.6 Å². The Kier molecular flexibility index (Phi) is 5.09. The first-order valence-corrected chi connectivity index (χ1v) is 7.54. The van der Waals surface area contributed by atoms with Gasteiger partial charge in [0.2, 0.25) is 10.0 Å². The van der Waals surface area contributed by atoms with Crippen LogP contribution in [0.4, 0.5) is 4.39 Å². The van der Waals surface area contributed by atoms with E-state index in [1.165, 1.54) is 23.5 Å². The lowest BCUT2D eigenvalue weighted by molar-refractivity contribution is 0.453. The maximum atomic E-state index is 13.6. The summed E-state index contributed by atoms with van der Waals surface area (Å²) in [4.78, 5) is -0.278. The Balaban J connectivity index is 3.04. The van der Waals surface area contributed by atoms with E-state index >= 15 is 0 Å². The van der Waals surface area contributed by atoms with E-state index in [1.54, 1.807) is 0 Å². The number of benzene rings is 1. The van der Waals surface area contributed by atoms with Gasteiger partial charge in [0.05, 0.1) is 0 Å². The summed E-state index contributed by atoms with van der Waals surface area (Å²) in [7, 11) is -2.26. The van der Waals surface area contributed by atoms with E-state index in [-0.39, 0.29) is 4.90 Å². The third-order valence-corrected chi connectivity index (χ3v) is 4.79. The zero-order chi connectivity index (χ0) is 13.1. The maximum Gasteiger partial charge on any atom is 0.245 e. The van der Waals surface area contributed by atoms with Gasteiger partial charge < -0.3 is 0 Å². The number of nitrogens with zero attached hydrogens (tertiary/aromatic N) is 1. The number of unbranched alkanes of at least 4 members (excludes halogenated alkanes) is 1. The molecule has 0 aliphatic carbocycles. The van der Waals surface area contributed by atoms with E-state index in [2.05, 4.69) is 15.9 Å². The summed E-state index contributed by atoms with van der Waals surface area (Å²) < 4.78 is 39.4. The zero-order valence-electron chi connectivity index (χ0n) is 9.78. The van der Waals surface area contributed by atoms with Gasteiger partial charge in [-0.3, -0.25) is 0 Å². The number of hydrogen-bond acceptors (Lipinski definition) is 2. The second-order valence-corrected chi connectivity index (χ2v) is 6.68. The minimum absolute atomic E-state index is 0.278. The largest absolute Gasteiger partial charge is 0.245 e. The molecule has 1 aromatic carbocycles. The average Bonchev–Trinajstić information content (AvgIpc) is 2.25. The Bertz CT molecular complexity index is 490. The first kappa shape index (κ1) is 14.6. The quantitative estimate of drug-likeness (QED) is 0.835. The highest BCUT2D eigenvalue weighted by molar-refractivity contribution is 9.10. The third kappa shape index (κ3) is 3.50. The van der Waals surface area contributed by atoms with Crippen LogP contribution < -0.4 is 0 Å². The van der Waals surface area contributed by atoms with E-state index in [0.717, 1.165) is 18.9 Å². The van der Waals surface area contributed by atoms with Crippen molar-refractivity contribution in [1.82, 2.24) is 4.31 Å². The summed E-state index contributed by atoms with van der Waals surface area (Å²) in [6, 6.07) is 3.95. The lowest BCUT2D eigenvalue weighted by Crippen LogP contribution is -2.28. The highest BCUT2D eigenvalue weighted by Gasteiger charge is 2.23. The van der Waals surface area contributed by atoms with E-state index in [4.69, 9.17) is 0 Å². The van der Waals surface area contributed by atoms with Crippen LogP contribution in [0.2, 0.25) is 0 Å². The fourth-order valence-corrected chi connectivity index (χ4v) is 2.94. The second kappa shape index (κ2) is 5.93. The van der Waals surface area contributed by atoms with Crippen LogP contribution in [0.3, 0.4) is 0 Å². The molecule has 0 radical (unpaired) electrons. The fraction of sp³-hybridized carbons (Fsp3) is 0.455. The lowest BCUT2D eigenvalue weighted by Gasteiger charge is -2.17. The van der Waals surface area contributed by atoms with Crippen LogP contribution in [0.1, 0.15) is 19.8 Å². The molecule has 1 rings (SSSR count). The number of sulfonamides is 1. The first-order chi connectivity index (χ1) is 7.89. The van der Waals surface area contributed by atoms with Gasteiger partial charge in [0.15, 0.2) is 0 Å². The molecule has 0 N–H and O–H groups in total. The van der Waals surface area contributed by atoms with Crippen LogP contribution in [-0.2, 0) is 10.0 Å². The molecule has 1 aromatic rings. The predicted octanol–water partition coefficient (Wildman–Crippen LogP) is 3.01. The Labute approximate surface area is 110 Å². The summed E-state index contributed by atoms with van der Waals surface area (Å²) in [5.41, 5.74) is 0. The topological polar surface area (TPSA) is 37.4 Å². The summed E-state index contributed by atoms with van der Waals surface area (Å²) in [6.45, 7) is 2.37. The van der Waals surface area contributed by atoms with Crippen molar-refractivity contribution < 1.29 is 12.8 Å². The molecule has 0 saturated carbocycles. The van der Waals surface area contributed by atoms with Crippen LogP contribution in [0, 0.1) is 5.82 Å². The minimum atomic E-state index is -3.72. The van der Waals surface area contributed by atoms with Crippen molar-refractivity contribution in [2.24, 2.45) is 0 Å². The molecule has 0 bridgehead atoms. The molecular weight excluding hydrogens is 309 g/mol. The van der Waals surface area contributed by atoms with Gasteiger partial charge in [-0.25, -0.2) is 17.1 Å². The summed E-state index contributed by atoms with van der Waals surface area (Å²) in [5.74, 6) is -0.734. The van der Waals surface area contributed by atoms with Gasteiger partial charge in [0.25, 0.3) is 0 Å². The molecule has 0 atom stereocenters. The Morgan fingerprint density at radius 2 is 2.06 bits per heavy atom. The van der Waals surface area contributed by atoms with Gasteiger partial charge >= 0.3 is 0 Å². The van der Waals surface area contributed by atoms with Crippen LogP contribution >= 0.6 is 15.9 Å². The second-order valence-electron chi connectivity index (χ2n) is 3.75. The Morgan fingerprint density at radius 1 is 1.41 bits per heavy atom. The first-order valence-electron chi connectivity index (χ1n) is 5.31. The molecule has 0 amide bonds. The standard InChI is InChI=1S/C11H15BrFNO2S/c1-3-4-7-14(2)17(15,16)11-6-5-9(12)8-10(11)13/h5-6,8H,3-4,7H2,1-2H3. The minimum Gasteiger partial charge on any atom is -0.207 e. The smallest absolute Gasteiger partial charge is 0.207 e. The SMILES string of the molecule is CCCCN(C)S(=O)(=O)c1ccc(Br)cc1F. The third-order valence-electron chi connectivity index (χ3n) is 2.41. The number of rotatable bonds is 5. The van der Waals surface area contributed by atoms with Crippen LogP contribution in [0.5, 0.6) is 0 Å². The summed E-state index contributed by atoms with van der Waals surface area (Å²) in [6.07, 6.45) is 1.65. The Morgan fingerprint density at radius 3 is 2.59 bits per heavy atom. The van der Waals surface area contributed by atoms with E-state index < -0.39 is 15.8 Å². The van der Waals surface area contributed by atoms with E-state index in [9.17, 15) is 12.8 Å². The number of hydrogen-bond donors (Lipinski definition) is 0. The monoisotopic (exact) mass is 323 g/mol. The van der Waals surface area contributed by atoms with Crippen molar-refractivity contribution in [3.05, 3.63) is 28.5 Å². The predicted molar refractivity (Wildman–Crippen MR) is 68.8 cm³/mol. The molecule has 0 aliphatic heterocycles. The highest BCUT2D eigenvalue weighted by Crippen LogP contribution is 2.22. The van der Waals surface area contributed by atoms with Gasteiger partial charge in [-0.15, -0.1) is 0 Å². The average molecular weight is 324 g/mol. The van der Waals surface area contributed by atoms with Crippen LogP contribution in [0.25, 0.3) is 0 Å². The fourth-order valence-electron chi connectivity index (χ4n) is 1.35. The summed E-state index contributed by atoms with van der Waals surface area (Å²) in [5, 5.41) is 0. The van der Waals surface area contributed by atoms with Crippen molar-refractivity contribution in [3.63, 3.8) is 0 Å². The maximum absolute atomic E-state index is 13.6. The van der Waals surface area contributed by atoms with Crippen molar-refractivity contribution >= 4 is 26.0 Å². The lowest BCUT2D eigenvalue weighted by atomic mass is 10.3. The van der Waals surface area contributed by atoms with Crippen molar-refractivity contribution in [2.75, 3.05) is 13.6 Å². The van der Waals surface area contributed by atoms with Crippen molar-refractivity contribution in [2.45, 2.75) is 24.7 Å². The molecule has 96 valence electrons. The van der Waals surface area contributed by atoms with Gasteiger partial charge in [-0.2, -0.15) is 0 Å². The van der Waals surface area contributed by atoms with Gasteiger partial charge in [-0.05, 0) is 24.6 Å². The van der Waals surface area contributed by atoms with Gasteiger partial charge in [0, 0.05) is 18.1 Å². The van der Waals surface area contributed by atoms with Crippen molar-refractivity contribution in [1.29, 1.82) is 0 Å². The molecule has 0 aromatic heterocycles. The Hall–Kier alpha value is -0.460. The molecule has 0 fully saturated rings. The van der Waals surface area contributed by atoms with E-state index in [0.29, 0.717) is 11.0 Å². The van der Waals surface area contributed by atoms with Gasteiger partial charge in [-0.1, -0.05) is 29.3 Å². The molecule has 0 unspecified atom stereocenters. The highest BCUT2D eigenvalue weighted by atomic mass is 79.9. The van der Waals surface area contributed by atoms with Crippen LogP contribution in [-0.4, -0.2) is 26.3 Å². The molecule has 0 spiro atoms.